The Labute approximate surface area is 128 Å². The Balaban J connectivity index is 2.53. The Hall–Kier alpha value is -0.740. The van der Waals surface area contributed by atoms with E-state index >= 15 is 0 Å². The van der Waals surface area contributed by atoms with Crippen molar-refractivity contribution in [3.05, 3.63) is 68.7 Å². The summed E-state index contributed by atoms with van der Waals surface area (Å²) in [4.78, 5) is -0.392. The molecule has 0 saturated carbocycles. The first-order valence-electron chi connectivity index (χ1n) is 5.76. The van der Waals surface area contributed by atoms with Crippen LogP contribution >= 0.6 is 31.9 Å². The molecule has 0 aliphatic rings. The van der Waals surface area contributed by atoms with Crippen molar-refractivity contribution >= 4 is 31.9 Å². The van der Waals surface area contributed by atoms with Crippen molar-refractivity contribution in [2.24, 2.45) is 0 Å². The molecule has 0 fully saturated rings. The molecule has 0 aromatic heterocycles. The van der Waals surface area contributed by atoms with Gasteiger partial charge in [0.05, 0.1) is 4.83 Å². The summed E-state index contributed by atoms with van der Waals surface area (Å²) in [5.41, 5.74) is 2.54. The third kappa shape index (κ3) is 2.90. The van der Waals surface area contributed by atoms with Crippen LogP contribution in [0.4, 0.5) is 8.78 Å². The van der Waals surface area contributed by atoms with Gasteiger partial charge in [-0.1, -0.05) is 50.1 Å². The molecule has 0 bridgehead atoms. The van der Waals surface area contributed by atoms with E-state index in [-0.39, 0.29) is 0 Å². The van der Waals surface area contributed by atoms with Gasteiger partial charge in [0.2, 0.25) is 0 Å². The van der Waals surface area contributed by atoms with E-state index in [1.54, 1.807) is 6.92 Å². The second kappa shape index (κ2) is 5.71. The first-order chi connectivity index (χ1) is 8.91. The standard InChI is InChI=1S/C15H12Br2F2/c1-8-4-3-5-10(14(8)16)15(17)11-7-12(18)9(2)6-13(11)19/h3-7,15H,1-2H3. The summed E-state index contributed by atoms with van der Waals surface area (Å²) in [6.07, 6.45) is 0. The largest absolute Gasteiger partial charge is 0.207 e. The average molecular weight is 390 g/mol. The Morgan fingerprint density at radius 2 is 1.63 bits per heavy atom. The summed E-state index contributed by atoms with van der Waals surface area (Å²) >= 11 is 6.94. The number of hydrogen-bond donors (Lipinski definition) is 0. The number of aryl methyl sites for hydroxylation is 2. The monoisotopic (exact) mass is 388 g/mol. The molecule has 100 valence electrons. The van der Waals surface area contributed by atoms with E-state index in [0.29, 0.717) is 11.1 Å². The molecule has 2 aromatic rings. The van der Waals surface area contributed by atoms with Crippen LogP contribution in [0.3, 0.4) is 0 Å². The molecule has 19 heavy (non-hydrogen) atoms. The zero-order valence-electron chi connectivity index (χ0n) is 10.5. The fourth-order valence-corrected chi connectivity index (χ4v) is 3.42. The maximum Gasteiger partial charge on any atom is 0.128 e. The van der Waals surface area contributed by atoms with E-state index < -0.39 is 16.5 Å². The lowest BCUT2D eigenvalue weighted by atomic mass is 10.0. The minimum Gasteiger partial charge on any atom is -0.207 e. The van der Waals surface area contributed by atoms with Crippen LogP contribution in [0.1, 0.15) is 27.1 Å². The zero-order valence-corrected chi connectivity index (χ0v) is 13.6. The smallest absolute Gasteiger partial charge is 0.128 e. The SMILES string of the molecule is Cc1cc(F)c(C(Br)c2cccc(C)c2Br)cc1F. The number of halogens is 4. The van der Waals surface area contributed by atoms with Crippen molar-refractivity contribution in [2.75, 3.05) is 0 Å². The highest BCUT2D eigenvalue weighted by Gasteiger charge is 2.19. The molecule has 0 N–H and O–H groups in total. The van der Waals surface area contributed by atoms with Gasteiger partial charge in [0.1, 0.15) is 11.6 Å². The van der Waals surface area contributed by atoms with Crippen molar-refractivity contribution in [1.29, 1.82) is 0 Å². The molecule has 0 nitrogen and oxygen atoms in total. The van der Waals surface area contributed by atoms with E-state index in [4.69, 9.17) is 0 Å². The minimum atomic E-state index is -0.408. The average Bonchev–Trinajstić information content (AvgIpc) is 2.36. The van der Waals surface area contributed by atoms with Crippen molar-refractivity contribution < 1.29 is 8.78 Å². The van der Waals surface area contributed by atoms with Gasteiger partial charge in [-0.05, 0) is 42.7 Å². The zero-order chi connectivity index (χ0) is 14.2. The minimum absolute atomic E-state index is 0.300. The lowest BCUT2D eigenvalue weighted by Crippen LogP contribution is -2.01. The molecule has 1 unspecified atom stereocenters. The predicted molar refractivity (Wildman–Crippen MR) is 80.7 cm³/mol. The fraction of sp³-hybridized carbons (Fsp3) is 0.200. The molecule has 0 radical (unpaired) electrons. The third-order valence-electron chi connectivity index (χ3n) is 3.05. The van der Waals surface area contributed by atoms with Crippen LogP contribution in [-0.4, -0.2) is 0 Å². The van der Waals surface area contributed by atoms with Crippen molar-refractivity contribution in [3.8, 4) is 0 Å². The summed E-state index contributed by atoms with van der Waals surface area (Å²) in [7, 11) is 0. The van der Waals surface area contributed by atoms with Crippen LogP contribution in [0, 0.1) is 25.5 Å². The van der Waals surface area contributed by atoms with Gasteiger partial charge in [-0.15, -0.1) is 0 Å². The quantitative estimate of drug-likeness (QED) is 0.567. The molecular weight excluding hydrogens is 378 g/mol. The first kappa shape index (κ1) is 14.7. The topological polar surface area (TPSA) is 0 Å². The van der Waals surface area contributed by atoms with Gasteiger partial charge in [-0.3, -0.25) is 0 Å². The molecule has 4 heteroatoms. The Bertz CT molecular complexity index is 624. The Kier molecular flexibility index (Phi) is 4.41. The Morgan fingerprint density at radius 3 is 2.32 bits per heavy atom. The summed E-state index contributed by atoms with van der Waals surface area (Å²) in [6, 6.07) is 8.21. The molecule has 2 aromatic carbocycles. The lowest BCUT2D eigenvalue weighted by Gasteiger charge is -2.15. The maximum absolute atomic E-state index is 14.0. The van der Waals surface area contributed by atoms with Gasteiger partial charge in [-0.25, -0.2) is 8.78 Å². The van der Waals surface area contributed by atoms with Crippen LogP contribution in [0.5, 0.6) is 0 Å². The molecule has 2 rings (SSSR count). The van der Waals surface area contributed by atoms with Gasteiger partial charge >= 0.3 is 0 Å². The molecule has 0 aliphatic heterocycles. The van der Waals surface area contributed by atoms with Crippen LogP contribution in [0.2, 0.25) is 0 Å². The Morgan fingerprint density at radius 1 is 0.947 bits per heavy atom. The van der Waals surface area contributed by atoms with E-state index in [2.05, 4.69) is 31.9 Å². The highest BCUT2D eigenvalue weighted by Crippen LogP contribution is 2.38. The van der Waals surface area contributed by atoms with Crippen LogP contribution in [0.15, 0.2) is 34.8 Å². The molecule has 1 atom stereocenters. The number of rotatable bonds is 2. The lowest BCUT2D eigenvalue weighted by molar-refractivity contribution is 0.581. The van der Waals surface area contributed by atoms with Gasteiger partial charge in [0.15, 0.2) is 0 Å². The van der Waals surface area contributed by atoms with E-state index in [1.165, 1.54) is 12.1 Å². The summed E-state index contributed by atoms with van der Waals surface area (Å²) in [6.45, 7) is 3.51. The van der Waals surface area contributed by atoms with Crippen molar-refractivity contribution in [3.63, 3.8) is 0 Å². The fourth-order valence-electron chi connectivity index (χ4n) is 1.89. The number of benzene rings is 2. The van der Waals surface area contributed by atoms with Crippen molar-refractivity contribution in [2.45, 2.75) is 18.7 Å². The summed E-state index contributed by atoms with van der Waals surface area (Å²) in [5.74, 6) is -0.807. The van der Waals surface area contributed by atoms with Crippen molar-refractivity contribution in [1.82, 2.24) is 0 Å². The van der Waals surface area contributed by atoms with E-state index in [0.717, 1.165) is 15.6 Å². The first-order valence-corrected chi connectivity index (χ1v) is 7.47. The second-order valence-corrected chi connectivity index (χ2v) is 6.17. The highest BCUT2D eigenvalue weighted by molar-refractivity contribution is 9.11. The normalized spacial score (nSPS) is 12.5. The third-order valence-corrected chi connectivity index (χ3v) is 5.12. The maximum atomic E-state index is 14.0. The van der Waals surface area contributed by atoms with E-state index in [1.807, 2.05) is 25.1 Å². The van der Waals surface area contributed by atoms with Crippen LogP contribution in [-0.2, 0) is 0 Å². The molecule has 0 heterocycles. The predicted octanol–water partition coefficient (Wildman–Crippen LogP) is 5.83. The molecule has 0 saturated heterocycles. The van der Waals surface area contributed by atoms with Gasteiger partial charge in [-0.2, -0.15) is 0 Å². The van der Waals surface area contributed by atoms with Gasteiger partial charge in [0, 0.05) is 10.0 Å². The van der Waals surface area contributed by atoms with Crippen LogP contribution in [0.25, 0.3) is 0 Å². The van der Waals surface area contributed by atoms with Gasteiger partial charge < -0.3 is 0 Å². The molecular formula is C15H12Br2F2. The second-order valence-electron chi connectivity index (χ2n) is 4.46. The molecule has 0 spiro atoms. The van der Waals surface area contributed by atoms with E-state index in [9.17, 15) is 8.78 Å². The van der Waals surface area contributed by atoms with Crippen LogP contribution < -0.4 is 0 Å². The summed E-state index contributed by atoms with van der Waals surface area (Å²) in [5, 5.41) is 0. The number of alkyl halides is 1. The molecule has 0 aliphatic carbocycles. The van der Waals surface area contributed by atoms with Gasteiger partial charge in [0.25, 0.3) is 0 Å². The highest BCUT2D eigenvalue weighted by atomic mass is 79.9. The number of hydrogen-bond acceptors (Lipinski definition) is 0. The summed E-state index contributed by atoms with van der Waals surface area (Å²) < 4.78 is 28.5. The molecule has 0 amide bonds.